The highest BCUT2D eigenvalue weighted by atomic mass is 32.2. The molecule has 2 rings (SSSR count). The molecule has 0 saturated heterocycles. The molecular formula is C11H11N3S. The van der Waals surface area contributed by atoms with Crippen LogP contribution in [0.15, 0.2) is 47.6 Å². The maximum Gasteiger partial charge on any atom is 0.138 e. The smallest absolute Gasteiger partial charge is 0.138 e. The number of hydrogen-bond acceptors (Lipinski definition) is 3. The molecule has 1 aromatic carbocycles. The van der Waals surface area contributed by atoms with Crippen LogP contribution in [0.1, 0.15) is 5.56 Å². The highest BCUT2D eigenvalue weighted by Crippen LogP contribution is 2.13. The fourth-order valence-electron chi connectivity index (χ4n) is 1.14. The van der Waals surface area contributed by atoms with E-state index in [2.05, 4.69) is 39.7 Å². The second-order valence-corrected chi connectivity index (χ2v) is 3.97. The first kappa shape index (κ1) is 9.98. The summed E-state index contributed by atoms with van der Waals surface area (Å²) in [6.45, 7) is 0. The molecule has 3 nitrogen and oxygen atoms in total. The average Bonchev–Trinajstić information content (AvgIpc) is 2.79. The molecular weight excluding hydrogens is 206 g/mol. The summed E-state index contributed by atoms with van der Waals surface area (Å²) in [4.78, 5) is 0. The van der Waals surface area contributed by atoms with Crippen molar-refractivity contribution in [3.8, 4) is 0 Å². The number of aromatic nitrogens is 3. The van der Waals surface area contributed by atoms with Gasteiger partial charge in [0.25, 0.3) is 0 Å². The number of thioether (sulfide) groups is 1. The number of nitrogens with zero attached hydrogens (tertiary/aromatic N) is 2. The summed E-state index contributed by atoms with van der Waals surface area (Å²) in [5.41, 5.74) is 1.22. The third-order valence-corrected chi connectivity index (χ3v) is 2.68. The maximum atomic E-state index is 3.95. The van der Waals surface area contributed by atoms with Gasteiger partial charge in [0.05, 0.1) is 6.20 Å². The molecule has 0 fully saturated rings. The SMILES string of the molecule is C(=Cc1ccccc1)CSc1cn[nH]n1. The molecule has 4 heteroatoms. The van der Waals surface area contributed by atoms with E-state index in [9.17, 15) is 0 Å². The van der Waals surface area contributed by atoms with Crippen molar-refractivity contribution in [2.24, 2.45) is 0 Å². The third kappa shape index (κ3) is 3.25. The Bertz CT molecular complexity index is 409. The average molecular weight is 217 g/mol. The second kappa shape index (κ2) is 5.36. The summed E-state index contributed by atoms with van der Waals surface area (Å²) in [6.07, 6.45) is 5.95. The number of nitrogens with one attached hydrogen (secondary N) is 1. The van der Waals surface area contributed by atoms with E-state index >= 15 is 0 Å². The van der Waals surface area contributed by atoms with Crippen molar-refractivity contribution in [2.45, 2.75) is 5.03 Å². The molecule has 0 radical (unpaired) electrons. The van der Waals surface area contributed by atoms with E-state index in [1.165, 1.54) is 5.56 Å². The van der Waals surface area contributed by atoms with Gasteiger partial charge >= 0.3 is 0 Å². The molecule has 0 aliphatic rings. The summed E-state index contributed by atoms with van der Waals surface area (Å²) in [6, 6.07) is 10.2. The number of benzene rings is 1. The van der Waals surface area contributed by atoms with E-state index < -0.39 is 0 Å². The lowest BCUT2D eigenvalue weighted by Gasteiger charge is -1.91. The van der Waals surface area contributed by atoms with E-state index in [0.29, 0.717) is 0 Å². The van der Waals surface area contributed by atoms with Crippen LogP contribution in [0.25, 0.3) is 6.08 Å². The quantitative estimate of drug-likeness (QED) is 0.800. The van der Waals surface area contributed by atoms with Crippen LogP contribution in [0.3, 0.4) is 0 Å². The Morgan fingerprint density at radius 1 is 1.27 bits per heavy atom. The van der Waals surface area contributed by atoms with Crippen LogP contribution in [-0.2, 0) is 0 Å². The van der Waals surface area contributed by atoms with Gasteiger partial charge < -0.3 is 0 Å². The van der Waals surface area contributed by atoms with Crippen molar-refractivity contribution in [1.82, 2.24) is 15.4 Å². The van der Waals surface area contributed by atoms with Crippen LogP contribution >= 0.6 is 11.8 Å². The number of hydrogen-bond donors (Lipinski definition) is 1. The van der Waals surface area contributed by atoms with Gasteiger partial charge in [-0.2, -0.15) is 10.3 Å². The predicted molar refractivity (Wildman–Crippen MR) is 62.6 cm³/mol. The molecule has 0 bridgehead atoms. The van der Waals surface area contributed by atoms with E-state index in [1.54, 1.807) is 18.0 Å². The van der Waals surface area contributed by atoms with Crippen molar-refractivity contribution in [2.75, 3.05) is 5.75 Å². The summed E-state index contributed by atoms with van der Waals surface area (Å²) in [5.74, 6) is 0.904. The fraction of sp³-hybridized carbons (Fsp3) is 0.0909. The van der Waals surface area contributed by atoms with E-state index in [1.807, 2.05) is 18.2 Å². The number of rotatable bonds is 4. The van der Waals surface area contributed by atoms with Gasteiger partial charge in [0.1, 0.15) is 5.03 Å². The van der Waals surface area contributed by atoms with Gasteiger partial charge in [-0.15, -0.1) is 5.10 Å². The number of aromatic amines is 1. The lowest BCUT2D eigenvalue weighted by Crippen LogP contribution is -1.74. The topological polar surface area (TPSA) is 41.6 Å². The van der Waals surface area contributed by atoms with E-state index in [0.717, 1.165) is 10.8 Å². The largest absolute Gasteiger partial charge is 0.197 e. The van der Waals surface area contributed by atoms with Gasteiger partial charge in [-0.25, -0.2) is 0 Å². The second-order valence-electron chi connectivity index (χ2n) is 2.93. The molecule has 15 heavy (non-hydrogen) atoms. The lowest BCUT2D eigenvalue weighted by molar-refractivity contribution is 0.911. The Kier molecular flexibility index (Phi) is 3.57. The monoisotopic (exact) mass is 217 g/mol. The van der Waals surface area contributed by atoms with E-state index in [4.69, 9.17) is 0 Å². The molecule has 1 aromatic heterocycles. The Balaban J connectivity index is 1.81. The minimum absolute atomic E-state index is 0.904. The van der Waals surface area contributed by atoms with Crippen LogP contribution in [0, 0.1) is 0 Å². The summed E-state index contributed by atoms with van der Waals surface area (Å²) < 4.78 is 0. The molecule has 2 aromatic rings. The van der Waals surface area contributed by atoms with E-state index in [-0.39, 0.29) is 0 Å². The van der Waals surface area contributed by atoms with Crippen molar-refractivity contribution in [3.63, 3.8) is 0 Å². The number of H-pyrrole nitrogens is 1. The fourth-order valence-corrected chi connectivity index (χ4v) is 1.74. The summed E-state index contributed by atoms with van der Waals surface area (Å²) in [5, 5.41) is 11.2. The van der Waals surface area contributed by atoms with Crippen molar-refractivity contribution in [3.05, 3.63) is 48.2 Å². The van der Waals surface area contributed by atoms with Gasteiger partial charge in [-0.05, 0) is 5.56 Å². The van der Waals surface area contributed by atoms with Gasteiger partial charge in [0.2, 0.25) is 0 Å². The highest BCUT2D eigenvalue weighted by Gasteiger charge is 1.92. The maximum absolute atomic E-state index is 3.95. The Hall–Kier alpha value is -1.55. The Labute approximate surface area is 92.6 Å². The molecule has 0 aliphatic carbocycles. The van der Waals surface area contributed by atoms with Crippen LogP contribution in [-0.4, -0.2) is 21.2 Å². The van der Waals surface area contributed by atoms with Gasteiger partial charge in [-0.3, -0.25) is 0 Å². The van der Waals surface area contributed by atoms with Crippen molar-refractivity contribution < 1.29 is 0 Å². The standard InChI is InChI=1S/C11H11N3S/c1-2-5-10(6-3-1)7-4-8-15-11-9-12-14-13-11/h1-7,9H,8H2,(H,12,13,14). The zero-order valence-corrected chi connectivity index (χ0v) is 8.95. The first-order valence-corrected chi connectivity index (χ1v) is 5.64. The van der Waals surface area contributed by atoms with Crippen molar-refractivity contribution >= 4 is 17.8 Å². The van der Waals surface area contributed by atoms with Crippen LogP contribution in [0.5, 0.6) is 0 Å². The zero-order chi connectivity index (χ0) is 10.3. The van der Waals surface area contributed by atoms with Crippen LogP contribution < -0.4 is 0 Å². The molecule has 76 valence electrons. The molecule has 0 atom stereocenters. The van der Waals surface area contributed by atoms with Gasteiger partial charge in [0.15, 0.2) is 0 Å². The van der Waals surface area contributed by atoms with Crippen molar-refractivity contribution in [1.29, 1.82) is 0 Å². The first-order chi connectivity index (χ1) is 7.45. The molecule has 1 N–H and O–H groups in total. The lowest BCUT2D eigenvalue weighted by atomic mass is 10.2. The Morgan fingerprint density at radius 3 is 2.87 bits per heavy atom. The summed E-state index contributed by atoms with van der Waals surface area (Å²) in [7, 11) is 0. The predicted octanol–water partition coefficient (Wildman–Crippen LogP) is 2.61. The van der Waals surface area contributed by atoms with Gasteiger partial charge in [-0.1, -0.05) is 54.2 Å². The van der Waals surface area contributed by atoms with Gasteiger partial charge in [0, 0.05) is 5.75 Å². The zero-order valence-electron chi connectivity index (χ0n) is 8.13. The first-order valence-electron chi connectivity index (χ1n) is 4.65. The minimum atomic E-state index is 0.904. The highest BCUT2D eigenvalue weighted by molar-refractivity contribution is 7.99. The molecule has 0 amide bonds. The molecule has 1 heterocycles. The Morgan fingerprint density at radius 2 is 2.13 bits per heavy atom. The molecule has 0 aliphatic heterocycles. The third-order valence-electron chi connectivity index (χ3n) is 1.83. The molecule has 0 unspecified atom stereocenters. The molecule has 0 spiro atoms. The van der Waals surface area contributed by atoms with Crippen LogP contribution in [0.2, 0.25) is 0 Å². The molecule has 0 saturated carbocycles. The normalized spacial score (nSPS) is 10.9. The summed E-state index contributed by atoms with van der Waals surface area (Å²) >= 11 is 1.65. The minimum Gasteiger partial charge on any atom is -0.197 e. The van der Waals surface area contributed by atoms with Crippen LogP contribution in [0.4, 0.5) is 0 Å².